The molecule has 1 fully saturated rings. The van der Waals surface area contributed by atoms with Crippen LogP contribution in [0.2, 0.25) is 0 Å². The van der Waals surface area contributed by atoms with Crippen molar-refractivity contribution in [2.45, 2.75) is 78.2 Å². The molecule has 1 unspecified atom stereocenters. The number of hydrogen-bond donors (Lipinski definition) is 2. The van der Waals surface area contributed by atoms with Crippen LogP contribution in [0.15, 0.2) is 0 Å². The zero-order valence-electron chi connectivity index (χ0n) is 13.1. The van der Waals surface area contributed by atoms with Gasteiger partial charge in [0.05, 0.1) is 6.42 Å². The fraction of sp³-hybridized carbons (Fsp3) is 0.875. The predicted octanol–water partition coefficient (Wildman–Crippen LogP) is 3.35. The third kappa shape index (κ3) is 5.14. The van der Waals surface area contributed by atoms with Gasteiger partial charge in [0.25, 0.3) is 0 Å². The first kappa shape index (κ1) is 17.0. The molecule has 1 atom stereocenters. The SMILES string of the molecule is CCC(NC(=O)CC1(CC(=O)O)CCCCC1)C(C)C. The predicted molar refractivity (Wildman–Crippen MR) is 79.4 cm³/mol. The van der Waals surface area contributed by atoms with E-state index < -0.39 is 5.97 Å². The number of carboxylic acids is 1. The highest BCUT2D eigenvalue weighted by Gasteiger charge is 2.36. The van der Waals surface area contributed by atoms with Gasteiger partial charge in [-0.25, -0.2) is 0 Å². The van der Waals surface area contributed by atoms with Crippen molar-refractivity contribution >= 4 is 11.9 Å². The molecule has 0 aliphatic heterocycles. The van der Waals surface area contributed by atoms with Crippen molar-refractivity contribution in [2.24, 2.45) is 11.3 Å². The lowest BCUT2D eigenvalue weighted by atomic mass is 9.69. The molecule has 1 saturated carbocycles. The van der Waals surface area contributed by atoms with Gasteiger partial charge in [0.2, 0.25) is 5.91 Å². The van der Waals surface area contributed by atoms with Crippen LogP contribution in [0.4, 0.5) is 0 Å². The summed E-state index contributed by atoms with van der Waals surface area (Å²) in [5.74, 6) is -0.352. The first-order valence-corrected chi connectivity index (χ1v) is 7.90. The van der Waals surface area contributed by atoms with Gasteiger partial charge >= 0.3 is 5.97 Å². The molecule has 2 N–H and O–H groups in total. The van der Waals surface area contributed by atoms with Crippen LogP contribution in [0, 0.1) is 11.3 Å². The first-order chi connectivity index (χ1) is 9.38. The van der Waals surface area contributed by atoms with Crippen molar-refractivity contribution in [2.75, 3.05) is 0 Å². The van der Waals surface area contributed by atoms with Crippen LogP contribution in [0.1, 0.15) is 72.1 Å². The number of aliphatic carboxylic acids is 1. The summed E-state index contributed by atoms with van der Waals surface area (Å²) in [5, 5.41) is 12.2. The lowest BCUT2D eigenvalue weighted by molar-refractivity contribution is -0.141. The maximum absolute atomic E-state index is 12.3. The fourth-order valence-corrected chi connectivity index (χ4v) is 3.38. The Kier molecular flexibility index (Phi) is 6.50. The summed E-state index contributed by atoms with van der Waals surface area (Å²) in [7, 11) is 0. The van der Waals surface area contributed by atoms with E-state index in [4.69, 9.17) is 5.11 Å². The second-order valence-electron chi connectivity index (χ2n) is 6.63. The van der Waals surface area contributed by atoms with E-state index in [0.29, 0.717) is 12.3 Å². The molecule has 0 bridgehead atoms. The largest absolute Gasteiger partial charge is 0.481 e. The monoisotopic (exact) mass is 283 g/mol. The van der Waals surface area contributed by atoms with Crippen LogP contribution >= 0.6 is 0 Å². The number of carbonyl (C=O) groups is 2. The van der Waals surface area contributed by atoms with Crippen molar-refractivity contribution < 1.29 is 14.7 Å². The van der Waals surface area contributed by atoms with Crippen LogP contribution in [0.3, 0.4) is 0 Å². The third-order valence-corrected chi connectivity index (χ3v) is 4.57. The van der Waals surface area contributed by atoms with Gasteiger partial charge in [0.1, 0.15) is 0 Å². The van der Waals surface area contributed by atoms with Crippen LogP contribution in [-0.2, 0) is 9.59 Å². The second-order valence-corrected chi connectivity index (χ2v) is 6.63. The molecule has 0 heterocycles. The molecule has 0 radical (unpaired) electrons. The van der Waals surface area contributed by atoms with E-state index in [9.17, 15) is 9.59 Å². The molecular formula is C16H29NO3. The van der Waals surface area contributed by atoms with Crippen molar-refractivity contribution in [3.63, 3.8) is 0 Å². The number of rotatable bonds is 7. The fourth-order valence-electron chi connectivity index (χ4n) is 3.38. The van der Waals surface area contributed by atoms with E-state index in [0.717, 1.165) is 38.5 Å². The Morgan fingerprint density at radius 2 is 1.75 bits per heavy atom. The zero-order chi connectivity index (χ0) is 15.2. The first-order valence-electron chi connectivity index (χ1n) is 7.90. The maximum Gasteiger partial charge on any atom is 0.303 e. The Morgan fingerprint density at radius 1 is 1.15 bits per heavy atom. The van der Waals surface area contributed by atoms with Gasteiger partial charge in [-0.15, -0.1) is 0 Å². The van der Waals surface area contributed by atoms with Crippen molar-refractivity contribution in [3.8, 4) is 0 Å². The smallest absolute Gasteiger partial charge is 0.303 e. The van der Waals surface area contributed by atoms with Gasteiger partial charge in [-0.05, 0) is 30.6 Å². The van der Waals surface area contributed by atoms with E-state index in [-0.39, 0.29) is 23.8 Å². The molecule has 1 aliphatic carbocycles. The van der Waals surface area contributed by atoms with Gasteiger partial charge < -0.3 is 10.4 Å². The van der Waals surface area contributed by atoms with Gasteiger partial charge in [-0.1, -0.05) is 40.0 Å². The average Bonchev–Trinajstić information content (AvgIpc) is 2.35. The molecule has 0 aromatic carbocycles. The normalized spacial score (nSPS) is 19.6. The maximum atomic E-state index is 12.3. The van der Waals surface area contributed by atoms with E-state index in [1.54, 1.807) is 0 Å². The Balaban J connectivity index is 2.64. The Labute approximate surface area is 122 Å². The number of hydrogen-bond acceptors (Lipinski definition) is 2. The lowest BCUT2D eigenvalue weighted by Gasteiger charge is -2.36. The van der Waals surface area contributed by atoms with E-state index in [1.165, 1.54) is 0 Å². The van der Waals surface area contributed by atoms with Crippen LogP contribution in [-0.4, -0.2) is 23.0 Å². The van der Waals surface area contributed by atoms with Crippen molar-refractivity contribution in [3.05, 3.63) is 0 Å². The minimum Gasteiger partial charge on any atom is -0.481 e. The van der Waals surface area contributed by atoms with Crippen LogP contribution < -0.4 is 5.32 Å². The third-order valence-electron chi connectivity index (χ3n) is 4.57. The van der Waals surface area contributed by atoms with Gasteiger partial charge in [-0.2, -0.15) is 0 Å². The molecule has 116 valence electrons. The van der Waals surface area contributed by atoms with Gasteiger partial charge in [0.15, 0.2) is 0 Å². The summed E-state index contributed by atoms with van der Waals surface area (Å²) < 4.78 is 0. The summed E-state index contributed by atoms with van der Waals surface area (Å²) in [6.07, 6.45) is 6.38. The van der Waals surface area contributed by atoms with E-state index in [2.05, 4.69) is 26.1 Å². The van der Waals surface area contributed by atoms with Crippen molar-refractivity contribution in [1.82, 2.24) is 5.32 Å². The topological polar surface area (TPSA) is 66.4 Å². The highest BCUT2D eigenvalue weighted by molar-refractivity contribution is 5.78. The second kappa shape index (κ2) is 7.65. The summed E-state index contributed by atoms with van der Waals surface area (Å²) >= 11 is 0. The Bertz CT molecular complexity index is 333. The molecule has 0 spiro atoms. The Hall–Kier alpha value is -1.06. The molecule has 4 heteroatoms. The molecule has 0 saturated heterocycles. The van der Waals surface area contributed by atoms with E-state index >= 15 is 0 Å². The summed E-state index contributed by atoms with van der Waals surface area (Å²) in [6.45, 7) is 6.27. The minimum atomic E-state index is -0.782. The zero-order valence-corrected chi connectivity index (χ0v) is 13.1. The number of carboxylic acid groups (broad SMARTS) is 1. The average molecular weight is 283 g/mol. The number of amides is 1. The molecular weight excluding hydrogens is 254 g/mol. The Morgan fingerprint density at radius 3 is 2.20 bits per heavy atom. The number of nitrogens with one attached hydrogen (secondary N) is 1. The van der Waals surface area contributed by atoms with Crippen LogP contribution in [0.25, 0.3) is 0 Å². The highest BCUT2D eigenvalue weighted by atomic mass is 16.4. The molecule has 20 heavy (non-hydrogen) atoms. The van der Waals surface area contributed by atoms with Crippen LogP contribution in [0.5, 0.6) is 0 Å². The molecule has 1 rings (SSSR count). The quantitative estimate of drug-likeness (QED) is 0.753. The molecule has 1 amide bonds. The van der Waals surface area contributed by atoms with E-state index in [1.807, 2.05) is 0 Å². The molecule has 0 aromatic rings. The summed E-state index contributed by atoms with van der Waals surface area (Å²) in [5.41, 5.74) is -0.316. The summed E-state index contributed by atoms with van der Waals surface area (Å²) in [6, 6.07) is 0.188. The number of carbonyl (C=O) groups excluding carboxylic acids is 1. The van der Waals surface area contributed by atoms with Gasteiger partial charge in [-0.3, -0.25) is 9.59 Å². The standard InChI is InChI=1S/C16H29NO3/c1-4-13(12(2)3)17-14(18)10-16(11-15(19)20)8-6-5-7-9-16/h12-13H,4-11H2,1-3H3,(H,17,18)(H,19,20). The minimum absolute atomic E-state index is 0.0219. The molecule has 1 aliphatic rings. The molecule has 0 aromatic heterocycles. The molecule has 4 nitrogen and oxygen atoms in total. The lowest BCUT2D eigenvalue weighted by Crippen LogP contribution is -2.41. The highest BCUT2D eigenvalue weighted by Crippen LogP contribution is 2.42. The van der Waals surface area contributed by atoms with Gasteiger partial charge in [0, 0.05) is 12.5 Å². The van der Waals surface area contributed by atoms with Crippen molar-refractivity contribution in [1.29, 1.82) is 0 Å². The summed E-state index contributed by atoms with van der Waals surface area (Å²) in [4.78, 5) is 23.4.